The molecule has 0 spiro atoms. The lowest BCUT2D eigenvalue weighted by Gasteiger charge is -2.69. The fourth-order valence-corrected chi connectivity index (χ4v) is 17.5. The van der Waals surface area contributed by atoms with E-state index in [0.717, 1.165) is 52.9 Å². The average Bonchev–Trinajstić information content (AvgIpc) is 0.895. The lowest BCUT2D eigenvalue weighted by Crippen LogP contribution is -2.64. The maximum absolute atomic E-state index is 13.9. The van der Waals surface area contributed by atoms with Crippen LogP contribution in [0, 0.1) is 29.1 Å². The molecule has 0 radical (unpaired) electrons. The number of amides is 9. The molecule has 4 atom stereocenters. The van der Waals surface area contributed by atoms with Gasteiger partial charge in [-0.05, 0) is 147 Å². The third-order valence-electron chi connectivity index (χ3n) is 19.7. The van der Waals surface area contributed by atoms with Crippen molar-refractivity contribution in [2.75, 3.05) is 49.2 Å². The number of carbonyl (C=O) groups excluding carboxylic acids is 8. The van der Waals surface area contributed by atoms with Gasteiger partial charge in [0.15, 0.2) is 10.8 Å². The first-order valence-corrected chi connectivity index (χ1v) is 36.8. The highest BCUT2D eigenvalue weighted by atomic mass is 32.2. The number of unbranched alkanes of at least 4 members (excludes halogenated alkanes) is 2. The second-order valence-electron chi connectivity index (χ2n) is 28.7. The van der Waals surface area contributed by atoms with Gasteiger partial charge in [-0.15, -0.1) is 0 Å². The number of carboxylic acid groups (broad SMARTS) is 1. The van der Waals surface area contributed by atoms with Crippen molar-refractivity contribution in [1.82, 2.24) is 50.5 Å². The average molecular weight is 1450 g/mol. The van der Waals surface area contributed by atoms with Gasteiger partial charge in [0.25, 0.3) is 27.8 Å². The van der Waals surface area contributed by atoms with E-state index in [1.165, 1.54) is 34.6 Å². The molecule has 30 heteroatoms. The van der Waals surface area contributed by atoms with E-state index in [4.69, 9.17) is 25.3 Å². The topological polar surface area (TPSA) is 396 Å². The summed E-state index contributed by atoms with van der Waals surface area (Å²) in [5, 5.41) is 31.1. The molecule has 4 saturated carbocycles. The molecule has 4 aliphatic carbocycles. The van der Waals surface area contributed by atoms with Crippen LogP contribution >= 0.6 is 11.3 Å². The Kier molecular flexibility index (Phi) is 22.2. The third kappa shape index (κ3) is 18.1. The van der Waals surface area contributed by atoms with Gasteiger partial charge >= 0.3 is 18.1 Å². The molecule has 7 aromatic rings. The molecule has 5 aliphatic rings. The molecule has 0 saturated heterocycles. The minimum atomic E-state index is -4.52. The number of nitrogens with two attached hydrogens (primary N) is 1. The van der Waals surface area contributed by atoms with Gasteiger partial charge in [-0.1, -0.05) is 81.9 Å². The fourth-order valence-electron chi connectivity index (χ4n) is 16.2. The summed E-state index contributed by atoms with van der Waals surface area (Å²) in [4.78, 5) is 133. The Morgan fingerprint density at radius 3 is 2.23 bits per heavy atom. The van der Waals surface area contributed by atoms with Crippen LogP contribution in [0.3, 0.4) is 0 Å². The molecular formula is C73H85N13O15S2. The summed E-state index contributed by atoms with van der Waals surface area (Å²) >= 11 is 1.36. The van der Waals surface area contributed by atoms with Crippen molar-refractivity contribution in [3.8, 4) is 22.4 Å². The summed E-state index contributed by atoms with van der Waals surface area (Å²) in [5.41, 5.74) is 8.52. The van der Waals surface area contributed by atoms with E-state index in [9.17, 15) is 61.2 Å². The SMILES string of the molecule is Cc1c(-c2ccc(-c3ccc4cncc(C(=O)Nc5nc6ccccc6s5)c4c3)nc2C(=O)O)cnn1CC12CC3(C)CC(C)(C1)CC(OCCN(CCS(=O)(=O)O)C(=O)OCc1ccc(NC(=O)C(CCCNC(N)=O)NC(=O)[C@@H](NC(=O)CCCCCN4C(=O)C=CC4=O)C(C)C)cc1)(C3)C2. The van der Waals surface area contributed by atoms with Gasteiger partial charge in [-0.25, -0.2) is 24.4 Å². The van der Waals surface area contributed by atoms with Crippen LogP contribution in [-0.2, 0) is 56.7 Å². The number of aromatic carboxylic acids is 1. The van der Waals surface area contributed by atoms with Gasteiger partial charge in [0, 0.05) is 97.1 Å². The highest BCUT2D eigenvalue weighted by Crippen LogP contribution is 2.72. The third-order valence-corrected chi connectivity index (χ3v) is 21.4. The standard InChI is InChI=1S/C73H85N13O15S2/c1-44(2)61(82-58(87)15-7-6-10-27-85-59(88)24-25-60(85)89)65(92)80-56(13-11-26-76-67(74)95)64(91)78-49-20-16-46(17-21-49)36-100-69(96)84(29-31-103(97,98)99)28-30-101-73-40-70(4)37-71(5,41-73)39-72(38-70,42-73)43-86-45(3)52(35-77-86)50-22-23-54(79-62(50)66(93)94)47-18-19-48-33-75-34-53(51(48)32-47)63(90)83-68-81-55-12-8-9-14-57(55)102-68/h8-9,12,14,16-25,32-35,44,56,61H,6-7,10-11,13,15,26-31,36-43H2,1-5H3,(H,78,91)(H,80,92)(H,82,87)(H,93,94)(H3,74,76,95)(H,81,83,90)(H,97,98,99)/t56?,61-,70?,71?,72?,73?/m0/s1. The number of urea groups is 1. The van der Waals surface area contributed by atoms with Crippen LogP contribution in [0.15, 0.2) is 110 Å². The number of benzene rings is 3. The van der Waals surface area contributed by atoms with Gasteiger partial charge in [0.1, 0.15) is 18.7 Å². The minimum Gasteiger partial charge on any atom is -0.476 e. The van der Waals surface area contributed by atoms with Crippen molar-refractivity contribution < 1.29 is 70.7 Å². The summed E-state index contributed by atoms with van der Waals surface area (Å²) in [5.74, 6) is -5.15. The van der Waals surface area contributed by atoms with Crippen LogP contribution in [0.1, 0.15) is 137 Å². The summed E-state index contributed by atoms with van der Waals surface area (Å²) in [6.45, 7) is 10.1. The number of primary amides is 1. The number of hydrogen-bond donors (Lipinski definition) is 8. The van der Waals surface area contributed by atoms with E-state index >= 15 is 0 Å². The van der Waals surface area contributed by atoms with E-state index in [2.05, 4.69) is 50.4 Å². The lowest BCUT2D eigenvalue weighted by atomic mass is 9.39. The fraction of sp³-hybridized carbons (Fsp3) is 0.438. The largest absolute Gasteiger partial charge is 0.476 e. The van der Waals surface area contributed by atoms with Crippen LogP contribution in [0.25, 0.3) is 43.4 Å². The van der Waals surface area contributed by atoms with Crippen LogP contribution in [-0.4, -0.2) is 162 Å². The Bertz CT molecular complexity index is 4530. The maximum atomic E-state index is 13.9. The van der Waals surface area contributed by atoms with Gasteiger partial charge < -0.3 is 46.5 Å². The molecule has 4 fully saturated rings. The number of rotatable bonds is 32. The Labute approximate surface area is 599 Å². The first-order valence-electron chi connectivity index (χ1n) is 34.4. The first kappa shape index (κ1) is 74.2. The van der Waals surface area contributed by atoms with Crippen LogP contribution in [0.2, 0.25) is 0 Å². The smallest absolute Gasteiger partial charge is 0.410 e. The van der Waals surface area contributed by atoms with Crippen molar-refractivity contribution >= 4 is 107 Å². The maximum Gasteiger partial charge on any atom is 0.410 e. The molecule has 3 aromatic carbocycles. The number of carbonyl (C=O) groups is 9. The normalized spacial score (nSPS) is 20.3. The van der Waals surface area contributed by atoms with E-state index in [1.807, 2.05) is 48.0 Å². The lowest BCUT2D eigenvalue weighted by molar-refractivity contribution is -0.248. The second kappa shape index (κ2) is 30.9. The molecule has 3 unspecified atom stereocenters. The zero-order valence-electron chi connectivity index (χ0n) is 58.0. The Balaban J connectivity index is 0.707. The molecule has 9 amide bonds. The van der Waals surface area contributed by atoms with Crippen molar-refractivity contribution in [2.45, 2.75) is 143 Å². The van der Waals surface area contributed by atoms with Crippen molar-refractivity contribution in [2.24, 2.45) is 27.9 Å². The predicted molar refractivity (Wildman–Crippen MR) is 384 cm³/mol. The van der Waals surface area contributed by atoms with E-state index in [-0.39, 0.29) is 91.8 Å². The van der Waals surface area contributed by atoms with E-state index < -0.39 is 81.8 Å². The monoisotopic (exact) mass is 1450 g/mol. The molecule has 103 heavy (non-hydrogen) atoms. The Hall–Kier alpha value is -10.0. The molecule has 28 nitrogen and oxygen atoms in total. The highest BCUT2D eigenvalue weighted by molar-refractivity contribution is 7.85. The minimum absolute atomic E-state index is 0.0195. The van der Waals surface area contributed by atoms with Gasteiger partial charge in [0.2, 0.25) is 17.7 Å². The number of fused-ring (bicyclic) bond motifs is 2. The number of aromatic nitrogens is 5. The van der Waals surface area contributed by atoms with Gasteiger partial charge in [-0.2, -0.15) is 13.5 Å². The van der Waals surface area contributed by atoms with Crippen LogP contribution in [0.4, 0.5) is 20.4 Å². The van der Waals surface area contributed by atoms with Crippen LogP contribution < -0.4 is 32.3 Å². The molecule has 1 aliphatic heterocycles. The quantitative estimate of drug-likeness (QED) is 0.0111. The number of nitrogens with one attached hydrogen (secondary N) is 5. The zero-order chi connectivity index (χ0) is 73.6. The number of imide groups is 1. The van der Waals surface area contributed by atoms with Crippen molar-refractivity contribution in [1.29, 1.82) is 0 Å². The zero-order valence-corrected chi connectivity index (χ0v) is 59.6. The molecule has 4 aromatic heterocycles. The molecule has 5 heterocycles. The van der Waals surface area contributed by atoms with Crippen molar-refractivity contribution in [3.05, 3.63) is 132 Å². The number of ether oxygens (including phenoxy) is 2. The van der Waals surface area contributed by atoms with Gasteiger partial charge in [-0.3, -0.25) is 53.2 Å². The second-order valence-corrected chi connectivity index (χ2v) is 31.3. The first-order chi connectivity index (χ1) is 49.0. The van der Waals surface area contributed by atoms with E-state index in [0.29, 0.717) is 87.3 Å². The number of nitrogens with zero attached hydrogens (tertiary/aromatic N) is 7. The number of hydrogen-bond acceptors (Lipinski definition) is 18. The molecule has 9 N–H and O–H groups in total. The van der Waals surface area contributed by atoms with Crippen LogP contribution in [0.5, 0.6) is 0 Å². The molecule has 12 rings (SSSR count). The number of para-hydroxylation sites is 1. The Morgan fingerprint density at radius 1 is 0.796 bits per heavy atom. The summed E-state index contributed by atoms with van der Waals surface area (Å²) in [6, 6.07) is 19.9. The molecular weight excluding hydrogens is 1360 g/mol. The number of carboxylic acids is 1. The number of thiazole rings is 1. The summed E-state index contributed by atoms with van der Waals surface area (Å²) < 4.78 is 49.6. The number of pyridine rings is 2. The molecule has 544 valence electrons. The van der Waals surface area contributed by atoms with Crippen molar-refractivity contribution in [3.63, 3.8) is 0 Å². The highest BCUT2D eigenvalue weighted by Gasteiger charge is 2.66. The predicted octanol–water partition coefficient (Wildman–Crippen LogP) is 9.19. The molecule has 4 bridgehead atoms. The Morgan fingerprint density at radius 2 is 1.53 bits per heavy atom. The number of anilines is 2. The summed E-state index contributed by atoms with van der Waals surface area (Å²) in [7, 11) is -4.52. The van der Waals surface area contributed by atoms with Gasteiger partial charge in [0.05, 0.1) is 45.6 Å². The summed E-state index contributed by atoms with van der Waals surface area (Å²) in [6.07, 6.45) is 13.2. The van der Waals surface area contributed by atoms with E-state index in [1.54, 1.807) is 68.7 Å².